The van der Waals surface area contributed by atoms with Gasteiger partial charge in [0.1, 0.15) is 11.2 Å². The molecule has 1 aliphatic heterocycles. The van der Waals surface area contributed by atoms with E-state index >= 15 is 0 Å². The number of benzene rings is 8. The third-order valence-electron chi connectivity index (χ3n) is 11.8. The molecule has 1 spiro atoms. The van der Waals surface area contributed by atoms with Crippen LogP contribution in [-0.2, 0) is 5.41 Å². The summed E-state index contributed by atoms with van der Waals surface area (Å²) in [5.74, 6) is 0. The quantitative estimate of drug-likeness (QED) is 0.170. The van der Waals surface area contributed by atoms with Crippen LogP contribution >= 0.6 is 0 Å². The van der Waals surface area contributed by atoms with Crippen LogP contribution in [0.15, 0.2) is 191 Å². The standard InChI is InChI=1S/C50H30N2O2/c53-49-36-19-7-13-25-45(36)54-46-29-26-32(30-37(46)49)52-43-24-12-10-22-40(43)50(38-20-8-4-16-33(38)34-17-5-9-21-39(34)50)41-27-28-44-47(48(41)52)35-18-6-11-23-42(35)51(44)31-14-2-1-3-15-31/h1-30H. The summed E-state index contributed by atoms with van der Waals surface area (Å²) < 4.78 is 8.70. The van der Waals surface area contributed by atoms with Crippen molar-refractivity contribution < 1.29 is 4.42 Å². The Kier molecular flexibility index (Phi) is 5.82. The Hall–Kier alpha value is -7.17. The van der Waals surface area contributed by atoms with Crippen LogP contribution in [0.4, 0.5) is 17.1 Å². The molecule has 0 amide bonds. The van der Waals surface area contributed by atoms with Crippen LogP contribution in [0.1, 0.15) is 22.3 Å². The third kappa shape index (κ3) is 3.64. The van der Waals surface area contributed by atoms with Gasteiger partial charge in [-0.05, 0) is 94.0 Å². The molecule has 252 valence electrons. The number of hydrogen-bond acceptors (Lipinski definition) is 3. The summed E-state index contributed by atoms with van der Waals surface area (Å²) in [6.45, 7) is 0. The highest BCUT2D eigenvalue weighted by atomic mass is 16.3. The number of rotatable bonds is 2. The molecule has 0 saturated heterocycles. The van der Waals surface area contributed by atoms with E-state index in [0.29, 0.717) is 21.9 Å². The van der Waals surface area contributed by atoms with Gasteiger partial charge in [0.25, 0.3) is 0 Å². The van der Waals surface area contributed by atoms with Crippen LogP contribution in [0, 0.1) is 0 Å². The normalized spacial score (nSPS) is 13.7. The average molecular weight is 691 g/mol. The van der Waals surface area contributed by atoms with Crippen LogP contribution in [0.3, 0.4) is 0 Å². The van der Waals surface area contributed by atoms with Gasteiger partial charge in [-0.15, -0.1) is 0 Å². The fourth-order valence-electron chi connectivity index (χ4n) is 9.70. The minimum atomic E-state index is -0.591. The van der Waals surface area contributed by atoms with E-state index < -0.39 is 5.41 Å². The lowest BCUT2D eigenvalue weighted by atomic mass is 9.64. The largest absolute Gasteiger partial charge is 0.456 e. The molecule has 1 aliphatic carbocycles. The highest BCUT2D eigenvalue weighted by molar-refractivity contribution is 6.19. The molecule has 0 unspecified atom stereocenters. The Morgan fingerprint density at radius 1 is 0.444 bits per heavy atom. The minimum Gasteiger partial charge on any atom is -0.456 e. The van der Waals surface area contributed by atoms with E-state index in [1.165, 1.54) is 38.8 Å². The van der Waals surface area contributed by atoms with E-state index in [4.69, 9.17) is 4.42 Å². The van der Waals surface area contributed by atoms with E-state index in [1.54, 1.807) is 0 Å². The van der Waals surface area contributed by atoms with Crippen molar-refractivity contribution in [3.05, 3.63) is 214 Å². The first kappa shape index (κ1) is 29.4. The second-order valence-electron chi connectivity index (χ2n) is 14.3. The fourth-order valence-corrected chi connectivity index (χ4v) is 9.70. The molecule has 4 heteroatoms. The lowest BCUT2D eigenvalue weighted by Crippen LogP contribution is -2.36. The summed E-state index contributed by atoms with van der Waals surface area (Å²) in [5, 5.41) is 3.46. The van der Waals surface area contributed by atoms with Crippen molar-refractivity contribution in [3.63, 3.8) is 0 Å². The zero-order valence-electron chi connectivity index (χ0n) is 29.0. The topological polar surface area (TPSA) is 38.4 Å². The maximum atomic E-state index is 14.2. The number of hydrogen-bond donors (Lipinski definition) is 0. The Bertz CT molecular complexity index is 3220. The zero-order valence-corrected chi connectivity index (χ0v) is 29.0. The Morgan fingerprint density at radius 3 is 1.87 bits per heavy atom. The van der Waals surface area contributed by atoms with Gasteiger partial charge in [-0.25, -0.2) is 0 Å². The van der Waals surface area contributed by atoms with Crippen molar-refractivity contribution in [2.24, 2.45) is 0 Å². The summed E-state index contributed by atoms with van der Waals surface area (Å²) in [6.07, 6.45) is 0. The maximum absolute atomic E-state index is 14.2. The first-order valence-electron chi connectivity index (χ1n) is 18.4. The van der Waals surface area contributed by atoms with Gasteiger partial charge in [0, 0.05) is 22.1 Å². The lowest BCUT2D eigenvalue weighted by molar-refractivity contribution is 0.660. The molecule has 12 rings (SSSR count). The van der Waals surface area contributed by atoms with Gasteiger partial charge in [0.05, 0.1) is 38.6 Å². The fraction of sp³-hybridized carbons (Fsp3) is 0.0200. The molecular formula is C50H30N2O2. The SMILES string of the molecule is O=c1c2ccccc2oc2ccc(N3c4ccccc4C4(c5ccccc5-c5ccccc54)c4ccc5c(c43)c3ccccc3n5-c3ccccc3)cc12. The second kappa shape index (κ2) is 10.7. The minimum absolute atomic E-state index is 0.0341. The molecule has 0 radical (unpaired) electrons. The molecular weight excluding hydrogens is 661 g/mol. The van der Waals surface area contributed by atoms with Gasteiger partial charge in [-0.3, -0.25) is 4.79 Å². The van der Waals surface area contributed by atoms with Crippen molar-refractivity contribution in [1.82, 2.24) is 4.57 Å². The number of aromatic nitrogens is 1. The molecule has 2 aromatic heterocycles. The Labute approximate surface area is 310 Å². The molecule has 4 nitrogen and oxygen atoms in total. The molecule has 2 aliphatic rings. The summed E-state index contributed by atoms with van der Waals surface area (Å²) in [6, 6.07) is 64.3. The smallest absolute Gasteiger partial charge is 0.200 e. The van der Waals surface area contributed by atoms with Crippen LogP contribution in [0.25, 0.3) is 60.6 Å². The molecule has 10 aromatic rings. The van der Waals surface area contributed by atoms with Crippen molar-refractivity contribution in [2.45, 2.75) is 5.41 Å². The molecule has 0 saturated carbocycles. The Morgan fingerprint density at radius 2 is 1.07 bits per heavy atom. The predicted octanol–water partition coefficient (Wildman–Crippen LogP) is 12.2. The zero-order chi connectivity index (χ0) is 35.5. The van der Waals surface area contributed by atoms with Gasteiger partial charge < -0.3 is 13.9 Å². The number of nitrogens with zero attached hydrogens (tertiary/aromatic N) is 2. The van der Waals surface area contributed by atoms with E-state index in [1.807, 2.05) is 36.4 Å². The van der Waals surface area contributed by atoms with Gasteiger partial charge in [-0.1, -0.05) is 121 Å². The molecule has 3 heterocycles. The number of para-hydroxylation sites is 4. The van der Waals surface area contributed by atoms with E-state index in [0.717, 1.165) is 39.2 Å². The number of anilines is 3. The maximum Gasteiger partial charge on any atom is 0.200 e. The van der Waals surface area contributed by atoms with Gasteiger partial charge in [0.2, 0.25) is 5.43 Å². The predicted molar refractivity (Wildman–Crippen MR) is 220 cm³/mol. The highest BCUT2D eigenvalue weighted by Crippen LogP contribution is 2.65. The van der Waals surface area contributed by atoms with Gasteiger partial charge in [-0.2, -0.15) is 0 Å². The highest BCUT2D eigenvalue weighted by Gasteiger charge is 2.52. The van der Waals surface area contributed by atoms with Crippen molar-refractivity contribution >= 4 is 60.8 Å². The van der Waals surface area contributed by atoms with E-state index in [-0.39, 0.29) is 5.43 Å². The summed E-state index contributed by atoms with van der Waals surface area (Å²) in [5.41, 5.74) is 14.4. The van der Waals surface area contributed by atoms with E-state index in [2.05, 4.69) is 155 Å². The third-order valence-corrected chi connectivity index (χ3v) is 11.8. The average Bonchev–Trinajstić information content (AvgIpc) is 3.73. The van der Waals surface area contributed by atoms with Crippen molar-refractivity contribution in [3.8, 4) is 16.8 Å². The van der Waals surface area contributed by atoms with Gasteiger partial charge >= 0.3 is 0 Å². The monoisotopic (exact) mass is 690 g/mol. The summed E-state index contributed by atoms with van der Waals surface area (Å²) in [4.78, 5) is 16.6. The van der Waals surface area contributed by atoms with Crippen LogP contribution < -0.4 is 10.3 Å². The molecule has 54 heavy (non-hydrogen) atoms. The molecule has 0 fully saturated rings. The molecule has 0 bridgehead atoms. The number of fused-ring (bicyclic) bond motifs is 15. The van der Waals surface area contributed by atoms with Crippen molar-refractivity contribution in [2.75, 3.05) is 4.90 Å². The first-order valence-corrected chi connectivity index (χ1v) is 18.4. The van der Waals surface area contributed by atoms with Crippen LogP contribution in [0.5, 0.6) is 0 Å². The molecule has 0 N–H and O–H groups in total. The molecule has 8 aromatic carbocycles. The Balaban J connectivity index is 1.28. The first-order chi connectivity index (χ1) is 26.7. The summed E-state index contributed by atoms with van der Waals surface area (Å²) in [7, 11) is 0. The van der Waals surface area contributed by atoms with E-state index in [9.17, 15) is 4.79 Å². The van der Waals surface area contributed by atoms with Crippen molar-refractivity contribution in [1.29, 1.82) is 0 Å². The van der Waals surface area contributed by atoms with Gasteiger partial charge in [0.15, 0.2) is 0 Å². The second-order valence-corrected chi connectivity index (χ2v) is 14.3. The lowest BCUT2D eigenvalue weighted by Gasteiger charge is -2.45. The van der Waals surface area contributed by atoms with Crippen LogP contribution in [-0.4, -0.2) is 4.57 Å². The molecule has 0 atom stereocenters. The summed E-state index contributed by atoms with van der Waals surface area (Å²) >= 11 is 0. The van der Waals surface area contributed by atoms with Crippen LogP contribution in [0.2, 0.25) is 0 Å².